The maximum absolute atomic E-state index is 12.2. The SMILES string of the molecule is CC(=O)c1sc(NC(=O)CN2CCC(C)CC2)c(C#N)c1C. The smallest absolute Gasteiger partial charge is 0.239 e. The van der Waals surface area contributed by atoms with E-state index in [1.807, 2.05) is 0 Å². The molecule has 0 aliphatic carbocycles. The van der Waals surface area contributed by atoms with Gasteiger partial charge in [0.05, 0.1) is 17.0 Å². The monoisotopic (exact) mass is 319 g/mol. The number of ketones is 1. The van der Waals surface area contributed by atoms with Gasteiger partial charge in [-0.3, -0.25) is 14.5 Å². The Labute approximate surface area is 134 Å². The Bertz CT molecular complexity index is 622. The van der Waals surface area contributed by atoms with Crippen molar-refractivity contribution in [1.82, 2.24) is 4.90 Å². The molecule has 0 saturated carbocycles. The first-order chi connectivity index (χ1) is 10.4. The lowest BCUT2D eigenvalue weighted by atomic mass is 9.99. The van der Waals surface area contributed by atoms with E-state index in [-0.39, 0.29) is 11.7 Å². The molecule has 0 bridgehead atoms. The molecule has 0 atom stereocenters. The Morgan fingerprint density at radius 2 is 2.05 bits per heavy atom. The van der Waals surface area contributed by atoms with Crippen LogP contribution in [0.25, 0.3) is 0 Å². The minimum Gasteiger partial charge on any atom is -0.315 e. The first-order valence-corrected chi connectivity index (χ1v) is 8.30. The van der Waals surface area contributed by atoms with Crippen molar-refractivity contribution in [2.24, 2.45) is 5.92 Å². The highest BCUT2D eigenvalue weighted by Gasteiger charge is 2.21. The molecule has 118 valence electrons. The number of piperidine rings is 1. The van der Waals surface area contributed by atoms with Crippen LogP contribution in [0.1, 0.15) is 47.5 Å². The average Bonchev–Trinajstić information content (AvgIpc) is 2.77. The lowest BCUT2D eigenvalue weighted by Gasteiger charge is -2.29. The number of nitrogens with one attached hydrogen (secondary N) is 1. The number of nitriles is 1. The van der Waals surface area contributed by atoms with Gasteiger partial charge in [-0.1, -0.05) is 6.92 Å². The zero-order chi connectivity index (χ0) is 16.3. The molecule has 22 heavy (non-hydrogen) atoms. The zero-order valence-corrected chi connectivity index (χ0v) is 14.0. The molecule has 1 aromatic heterocycles. The molecule has 5 nitrogen and oxygen atoms in total. The van der Waals surface area contributed by atoms with Crippen LogP contribution in [0.15, 0.2) is 0 Å². The van der Waals surface area contributed by atoms with Crippen molar-refractivity contribution in [2.45, 2.75) is 33.6 Å². The molecule has 0 unspecified atom stereocenters. The number of hydrogen-bond donors (Lipinski definition) is 1. The van der Waals surface area contributed by atoms with E-state index < -0.39 is 0 Å². The van der Waals surface area contributed by atoms with Crippen LogP contribution in [0.5, 0.6) is 0 Å². The number of likely N-dealkylation sites (tertiary alicyclic amines) is 1. The number of carbonyl (C=O) groups is 2. The Hall–Kier alpha value is -1.71. The zero-order valence-electron chi connectivity index (χ0n) is 13.2. The normalized spacial score (nSPS) is 16.3. The van der Waals surface area contributed by atoms with Crippen molar-refractivity contribution < 1.29 is 9.59 Å². The van der Waals surface area contributed by atoms with Crippen LogP contribution >= 0.6 is 11.3 Å². The van der Waals surface area contributed by atoms with Gasteiger partial charge in [0.15, 0.2) is 5.78 Å². The number of anilines is 1. The number of amides is 1. The summed E-state index contributed by atoms with van der Waals surface area (Å²) in [6.07, 6.45) is 2.23. The van der Waals surface area contributed by atoms with Crippen LogP contribution < -0.4 is 5.32 Å². The summed E-state index contributed by atoms with van der Waals surface area (Å²) in [7, 11) is 0. The summed E-state index contributed by atoms with van der Waals surface area (Å²) in [5.41, 5.74) is 1.05. The van der Waals surface area contributed by atoms with Gasteiger partial charge in [-0.25, -0.2) is 0 Å². The number of rotatable bonds is 4. The fraction of sp³-hybridized carbons (Fsp3) is 0.562. The molecule has 6 heteroatoms. The van der Waals surface area contributed by atoms with Crippen molar-refractivity contribution in [2.75, 3.05) is 25.0 Å². The fourth-order valence-corrected chi connectivity index (χ4v) is 3.73. The minimum absolute atomic E-state index is 0.0792. The van der Waals surface area contributed by atoms with Gasteiger partial charge in [-0.15, -0.1) is 11.3 Å². The maximum Gasteiger partial charge on any atom is 0.239 e. The van der Waals surface area contributed by atoms with E-state index in [2.05, 4.69) is 23.2 Å². The Morgan fingerprint density at radius 3 is 2.59 bits per heavy atom. The summed E-state index contributed by atoms with van der Waals surface area (Å²) in [4.78, 5) is 26.4. The van der Waals surface area contributed by atoms with Gasteiger partial charge in [-0.2, -0.15) is 5.26 Å². The van der Waals surface area contributed by atoms with E-state index >= 15 is 0 Å². The standard InChI is InChI=1S/C16H21N3O2S/c1-10-4-6-19(7-5-10)9-14(21)18-16-13(8-17)11(2)15(22-16)12(3)20/h10H,4-7,9H2,1-3H3,(H,18,21). The summed E-state index contributed by atoms with van der Waals surface area (Å²) < 4.78 is 0. The molecule has 1 aromatic rings. The molecule has 0 spiro atoms. The number of hydrogen-bond acceptors (Lipinski definition) is 5. The largest absolute Gasteiger partial charge is 0.315 e. The third-order valence-corrected chi connectivity index (χ3v) is 5.38. The van der Waals surface area contributed by atoms with E-state index in [0.717, 1.165) is 31.8 Å². The number of Topliss-reactive ketones (excluding diaryl/α,β-unsaturated/α-hetero) is 1. The molecule has 2 rings (SSSR count). The van der Waals surface area contributed by atoms with Crippen LogP contribution in [0.4, 0.5) is 5.00 Å². The molecule has 0 aromatic carbocycles. The third-order valence-electron chi connectivity index (χ3n) is 4.07. The number of nitrogens with zero attached hydrogens (tertiary/aromatic N) is 2. The van der Waals surface area contributed by atoms with Crippen LogP contribution in [-0.4, -0.2) is 36.2 Å². The summed E-state index contributed by atoms with van der Waals surface area (Å²) in [5.74, 6) is 0.523. The first-order valence-electron chi connectivity index (χ1n) is 7.49. The van der Waals surface area contributed by atoms with Gasteiger partial charge in [0, 0.05) is 0 Å². The van der Waals surface area contributed by atoms with E-state index in [1.54, 1.807) is 6.92 Å². The lowest BCUT2D eigenvalue weighted by Crippen LogP contribution is -2.38. The second-order valence-corrected chi connectivity index (χ2v) is 6.96. The summed E-state index contributed by atoms with van der Waals surface area (Å²) in [6, 6.07) is 2.08. The van der Waals surface area contributed by atoms with E-state index in [4.69, 9.17) is 0 Å². The Balaban J connectivity index is 2.04. The third kappa shape index (κ3) is 3.73. The van der Waals surface area contributed by atoms with Gasteiger partial charge in [-0.05, 0) is 51.3 Å². The van der Waals surface area contributed by atoms with E-state index in [0.29, 0.717) is 27.5 Å². The first kappa shape index (κ1) is 16.7. The highest BCUT2D eigenvalue weighted by Crippen LogP contribution is 2.32. The molecule has 2 heterocycles. The van der Waals surface area contributed by atoms with Crippen molar-refractivity contribution >= 4 is 28.0 Å². The quantitative estimate of drug-likeness (QED) is 0.866. The molecule has 0 radical (unpaired) electrons. The highest BCUT2D eigenvalue weighted by molar-refractivity contribution is 7.18. The second kappa shape index (κ2) is 7.03. The van der Waals surface area contributed by atoms with Gasteiger partial charge in [0.25, 0.3) is 0 Å². The predicted octanol–water partition coefficient (Wildman–Crippen LogP) is 2.80. The van der Waals surface area contributed by atoms with Gasteiger partial charge in [0.1, 0.15) is 11.1 Å². The molecule has 1 saturated heterocycles. The highest BCUT2D eigenvalue weighted by atomic mass is 32.1. The number of thiophene rings is 1. The molecule has 1 aliphatic heterocycles. The van der Waals surface area contributed by atoms with Crippen molar-refractivity contribution in [1.29, 1.82) is 5.26 Å². The summed E-state index contributed by atoms with van der Waals surface area (Å²) in [5, 5.41) is 12.5. The van der Waals surface area contributed by atoms with Crippen LogP contribution in [0.3, 0.4) is 0 Å². The molecule has 1 N–H and O–H groups in total. The lowest BCUT2D eigenvalue weighted by molar-refractivity contribution is -0.117. The molecule has 1 fully saturated rings. The van der Waals surface area contributed by atoms with Gasteiger partial charge in [0.2, 0.25) is 5.91 Å². The maximum atomic E-state index is 12.2. The molecule has 1 amide bonds. The Morgan fingerprint density at radius 1 is 1.41 bits per heavy atom. The van der Waals surface area contributed by atoms with Crippen molar-refractivity contribution in [3.8, 4) is 6.07 Å². The van der Waals surface area contributed by atoms with Gasteiger partial charge < -0.3 is 5.32 Å². The number of carbonyl (C=O) groups excluding carboxylic acids is 2. The second-order valence-electron chi connectivity index (χ2n) is 5.94. The Kier molecular flexibility index (Phi) is 5.33. The van der Waals surface area contributed by atoms with Crippen molar-refractivity contribution in [3.63, 3.8) is 0 Å². The topological polar surface area (TPSA) is 73.2 Å². The minimum atomic E-state index is -0.123. The van der Waals surface area contributed by atoms with E-state index in [9.17, 15) is 14.9 Å². The predicted molar refractivity (Wildman–Crippen MR) is 87.2 cm³/mol. The molecular formula is C16H21N3O2S. The fourth-order valence-electron chi connectivity index (χ4n) is 2.66. The molecule has 1 aliphatic rings. The average molecular weight is 319 g/mol. The molecular weight excluding hydrogens is 298 g/mol. The van der Waals surface area contributed by atoms with Crippen molar-refractivity contribution in [3.05, 3.63) is 16.0 Å². The van der Waals surface area contributed by atoms with Crippen LogP contribution in [0.2, 0.25) is 0 Å². The van der Waals surface area contributed by atoms with Gasteiger partial charge >= 0.3 is 0 Å². The van der Waals surface area contributed by atoms with Crippen LogP contribution in [-0.2, 0) is 4.79 Å². The summed E-state index contributed by atoms with van der Waals surface area (Å²) in [6.45, 7) is 7.65. The summed E-state index contributed by atoms with van der Waals surface area (Å²) >= 11 is 1.19. The van der Waals surface area contributed by atoms with E-state index in [1.165, 1.54) is 18.3 Å². The van der Waals surface area contributed by atoms with Crippen LogP contribution in [0, 0.1) is 24.2 Å².